The molecule has 0 bridgehead atoms. The Bertz CT molecular complexity index is 639. The van der Waals surface area contributed by atoms with E-state index in [0.717, 1.165) is 16.7 Å². The minimum Gasteiger partial charge on any atom is -0.478 e. The van der Waals surface area contributed by atoms with Crippen LogP contribution >= 0.6 is 0 Å². The molecule has 21 heavy (non-hydrogen) atoms. The van der Waals surface area contributed by atoms with Gasteiger partial charge in [0.1, 0.15) is 5.82 Å². The van der Waals surface area contributed by atoms with Crippen LogP contribution in [0.5, 0.6) is 0 Å². The standard InChI is InChI=1S/C16H20N2O3/c1-9(15(20)21)13(16(2,3)4)11-7-10-5-6-12(19)18-14(10)17-8-11/h7-8H,5-6H2,1-4H3,(H,20,21)(H,17,18,19)/b13-9-. The molecular formula is C16H20N2O3. The first kappa shape index (κ1) is 15.2. The Morgan fingerprint density at radius 3 is 2.57 bits per heavy atom. The van der Waals surface area contributed by atoms with Crippen molar-refractivity contribution < 1.29 is 14.7 Å². The molecule has 5 heteroatoms. The second-order valence-electron chi connectivity index (χ2n) is 6.34. The van der Waals surface area contributed by atoms with E-state index in [0.29, 0.717) is 24.2 Å². The zero-order valence-electron chi connectivity index (χ0n) is 12.8. The predicted molar refractivity (Wildman–Crippen MR) is 80.9 cm³/mol. The molecule has 1 aromatic heterocycles. The van der Waals surface area contributed by atoms with Crippen molar-refractivity contribution in [2.45, 2.75) is 40.5 Å². The number of hydrogen-bond donors (Lipinski definition) is 2. The van der Waals surface area contributed by atoms with E-state index in [4.69, 9.17) is 0 Å². The number of pyridine rings is 1. The van der Waals surface area contributed by atoms with Crippen molar-refractivity contribution in [3.63, 3.8) is 0 Å². The van der Waals surface area contributed by atoms with E-state index < -0.39 is 5.97 Å². The van der Waals surface area contributed by atoms with Crippen molar-refractivity contribution in [2.24, 2.45) is 5.41 Å². The van der Waals surface area contributed by atoms with Crippen molar-refractivity contribution >= 4 is 23.3 Å². The minimum atomic E-state index is -0.925. The third-order valence-electron chi connectivity index (χ3n) is 3.58. The van der Waals surface area contributed by atoms with E-state index in [1.54, 1.807) is 13.1 Å². The van der Waals surface area contributed by atoms with Crippen LogP contribution < -0.4 is 5.32 Å². The normalized spacial score (nSPS) is 15.9. The number of carboxylic acid groups (broad SMARTS) is 1. The summed E-state index contributed by atoms with van der Waals surface area (Å²) in [5.41, 5.74) is 2.53. The van der Waals surface area contributed by atoms with Gasteiger partial charge in [-0.15, -0.1) is 0 Å². The molecule has 0 saturated carbocycles. The molecule has 0 spiro atoms. The number of allylic oxidation sites excluding steroid dienone is 1. The Hall–Kier alpha value is -2.17. The highest BCUT2D eigenvalue weighted by Crippen LogP contribution is 2.37. The molecule has 0 fully saturated rings. The molecular weight excluding hydrogens is 268 g/mol. The Balaban J connectivity index is 2.56. The fraction of sp³-hybridized carbons (Fsp3) is 0.438. The van der Waals surface area contributed by atoms with Gasteiger partial charge in [-0.1, -0.05) is 20.8 Å². The van der Waals surface area contributed by atoms with Gasteiger partial charge in [0.2, 0.25) is 5.91 Å². The van der Waals surface area contributed by atoms with Crippen LogP contribution in [-0.2, 0) is 16.0 Å². The zero-order chi connectivity index (χ0) is 15.8. The van der Waals surface area contributed by atoms with Crippen LogP contribution in [0.15, 0.2) is 17.8 Å². The topological polar surface area (TPSA) is 79.3 Å². The first-order chi connectivity index (χ1) is 9.70. The lowest BCUT2D eigenvalue weighted by atomic mass is 9.79. The summed E-state index contributed by atoms with van der Waals surface area (Å²) in [6.07, 6.45) is 2.70. The van der Waals surface area contributed by atoms with Gasteiger partial charge in [0, 0.05) is 18.2 Å². The molecule has 2 heterocycles. The number of fused-ring (bicyclic) bond motifs is 1. The van der Waals surface area contributed by atoms with Gasteiger partial charge in [-0.3, -0.25) is 4.79 Å². The van der Waals surface area contributed by atoms with Crippen LogP contribution in [0.2, 0.25) is 0 Å². The Kier molecular flexibility index (Phi) is 3.85. The van der Waals surface area contributed by atoms with E-state index in [2.05, 4.69) is 10.3 Å². The highest BCUT2D eigenvalue weighted by atomic mass is 16.4. The molecule has 1 aromatic rings. The maximum atomic E-state index is 11.4. The average Bonchev–Trinajstić information content (AvgIpc) is 2.37. The van der Waals surface area contributed by atoms with Crippen molar-refractivity contribution in [2.75, 3.05) is 5.32 Å². The zero-order valence-corrected chi connectivity index (χ0v) is 12.8. The molecule has 1 aliphatic heterocycles. The van der Waals surface area contributed by atoms with Gasteiger partial charge < -0.3 is 10.4 Å². The summed E-state index contributed by atoms with van der Waals surface area (Å²) in [7, 11) is 0. The van der Waals surface area contributed by atoms with Gasteiger partial charge in [-0.25, -0.2) is 9.78 Å². The van der Waals surface area contributed by atoms with Crippen LogP contribution in [0.1, 0.15) is 45.2 Å². The number of hydrogen-bond acceptors (Lipinski definition) is 3. The number of nitrogens with one attached hydrogen (secondary N) is 1. The molecule has 1 amide bonds. The maximum Gasteiger partial charge on any atom is 0.331 e. The number of rotatable bonds is 2. The van der Waals surface area contributed by atoms with E-state index >= 15 is 0 Å². The molecule has 1 aliphatic rings. The molecule has 0 saturated heterocycles. The second-order valence-corrected chi connectivity index (χ2v) is 6.34. The second kappa shape index (κ2) is 5.31. The number of amides is 1. The molecule has 0 unspecified atom stereocenters. The lowest BCUT2D eigenvalue weighted by molar-refractivity contribution is -0.132. The van der Waals surface area contributed by atoms with Crippen LogP contribution in [0, 0.1) is 5.41 Å². The molecule has 0 aliphatic carbocycles. The quantitative estimate of drug-likeness (QED) is 0.820. The lowest BCUT2D eigenvalue weighted by Crippen LogP contribution is -2.21. The highest BCUT2D eigenvalue weighted by molar-refractivity contribution is 5.97. The van der Waals surface area contributed by atoms with Crippen LogP contribution in [0.4, 0.5) is 5.82 Å². The summed E-state index contributed by atoms with van der Waals surface area (Å²) in [6.45, 7) is 7.56. The summed E-state index contributed by atoms with van der Waals surface area (Å²) < 4.78 is 0. The smallest absolute Gasteiger partial charge is 0.331 e. The van der Waals surface area contributed by atoms with E-state index in [-0.39, 0.29) is 11.3 Å². The predicted octanol–water partition coefficient (Wildman–Crippen LogP) is 2.87. The third kappa shape index (κ3) is 3.12. The number of carboxylic acids is 1. The Morgan fingerprint density at radius 2 is 2.00 bits per heavy atom. The number of aliphatic carboxylic acids is 1. The van der Waals surface area contributed by atoms with Gasteiger partial charge >= 0.3 is 5.97 Å². The largest absolute Gasteiger partial charge is 0.478 e. The monoisotopic (exact) mass is 288 g/mol. The first-order valence-electron chi connectivity index (χ1n) is 6.94. The summed E-state index contributed by atoms with van der Waals surface area (Å²) in [5, 5.41) is 12.0. The molecule has 0 atom stereocenters. The molecule has 0 radical (unpaired) electrons. The number of nitrogens with zero attached hydrogens (tertiary/aromatic N) is 1. The summed E-state index contributed by atoms with van der Waals surface area (Å²) in [4.78, 5) is 27.0. The van der Waals surface area contributed by atoms with E-state index in [9.17, 15) is 14.7 Å². The van der Waals surface area contributed by atoms with Crippen LogP contribution in [0.3, 0.4) is 0 Å². The molecule has 0 aromatic carbocycles. The number of carbonyl (C=O) groups excluding carboxylic acids is 1. The molecule has 2 N–H and O–H groups in total. The third-order valence-corrected chi connectivity index (χ3v) is 3.58. The molecule has 112 valence electrons. The number of aryl methyl sites for hydroxylation is 1. The van der Waals surface area contributed by atoms with Crippen molar-refractivity contribution in [3.8, 4) is 0 Å². The highest BCUT2D eigenvalue weighted by Gasteiger charge is 2.26. The molecule has 2 rings (SSSR count). The van der Waals surface area contributed by atoms with Crippen molar-refractivity contribution in [1.82, 2.24) is 4.98 Å². The van der Waals surface area contributed by atoms with Gasteiger partial charge in [0.25, 0.3) is 0 Å². The van der Waals surface area contributed by atoms with Crippen LogP contribution in [-0.4, -0.2) is 22.0 Å². The fourth-order valence-corrected chi connectivity index (χ4v) is 2.71. The Labute approximate surface area is 124 Å². The van der Waals surface area contributed by atoms with Crippen LogP contribution in [0.25, 0.3) is 5.57 Å². The fourth-order valence-electron chi connectivity index (χ4n) is 2.71. The Morgan fingerprint density at radius 1 is 1.33 bits per heavy atom. The van der Waals surface area contributed by atoms with Gasteiger partial charge in [-0.2, -0.15) is 0 Å². The number of aromatic nitrogens is 1. The maximum absolute atomic E-state index is 11.4. The molecule has 5 nitrogen and oxygen atoms in total. The summed E-state index contributed by atoms with van der Waals surface area (Å²) in [5.74, 6) is -0.377. The van der Waals surface area contributed by atoms with Crippen molar-refractivity contribution in [3.05, 3.63) is 29.0 Å². The summed E-state index contributed by atoms with van der Waals surface area (Å²) in [6, 6.07) is 1.94. The average molecular weight is 288 g/mol. The van der Waals surface area contributed by atoms with Gasteiger partial charge in [0.15, 0.2) is 0 Å². The number of anilines is 1. The van der Waals surface area contributed by atoms with E-state index in [1.165, 1.54) is 0 Å². The minimum absolute atomic E-state index is 0.0314. The SMILES string of the molecule is C/C(C(=O)O)=C(\c1cnc2c(c1)CCC(=O)N2)C(C)(C)C. The first-order valence-corrected chi connectivity index (χ1v) is 6.94. The number of carbonyl (C=O) groups is 2. The lowest BCUT2D eigenvalue weighted by Gasteiger charge is -2.26. The van der Waals surface area contributed by atoms with E-state index in [1.807, 2.05) is 26.8 Å². The van der Waals surface area contributed by atoms with Gasteiger partial charge in [-0.05, 0) is 41.5 Å². The summed E-state index contributed by atoms with van der Waals surface area (Å²) >= 11 is 0. The van der Waals surface area contributed by atoms with Gasteiger partial charge in [0.05, 0.1) is 0 Å². The van der Waals surface area contributed by atoms with Crippen molar-refractivity contribution in [1.29, 1.82) is 0 Å².